The third-order valence-electron chi connectivity index (χ3n) is 5.08. The minimum atomic E-state index is -4.79. The Balaban J connectivity index is 1.69. The highest BCUT2D eigenvalue weighted by molar-refractivity contribution is 7.86. The van der Waals surface area contributed by atoms with Gasteiger partial charge in [0.25, 0.3) is 20.2 Å². The molecule has 0 saturated heterocycles. The average Bonchev–Trinajstić information content (AvgIpc) is 2.89. The fraction of sp³-hybridized carbons (Fsp3) is 0. The number of nitrogens with one attached hydrogen (secondary N) is 2. The van der Waals surface area contributed by atoms with Gasteiger partial charge in [-0.1, -0.05) is 93.9 Å². The van der Waals surface area contributed by atoms with E-state index in [2.05, 4.69) is 30.6 Å². The monoisotopic (exact) mass is 730 g/mol. The molecule has 2 heterocycles. The van der Waals surface area contributed by atoms with Gasteiger partial charge in [0.15, 0.2) is 20.6 Å². The number of hydrogen-bond donors (Lipinski definition) is 4. The minimum absolute atomic E-state index is 0.0431. The first kappa shape index (κ1) is 32.4. The molecule has 4 aromatic rings. The van der Waals surface area contributed by atoms with Gasteiger partial charge < -0.3 is 10.6 Å². The molecular weight excluding hydrogens is 721 g/mol. The van der Waals surface area contributed by atoms with Gasteiger partial charge in [0.1, 0.15) is 19.8 Å². The maximum absolute atomic E-state index is 12.2. The number of anilines is 4. The lowest BCUT2D eigenvalue weighted by Gasteiger charge is -2.11. The summed E-state index contributed by atoms with van der Waals surface area (Å²) in [5, 5.41) is 4.60. The molecule has 0 aliphatic heterocycles. The number of benzene rings is 2. The van der Waals surface area contributed by atoms with E-state index in [4.69, 9.17) is 69.6 Å². The molecule has 42 heavy (non-hydrogen) atoms. The fourth-order valence-electron chi connectivity index (χ4n) is 3.28. The molecule has 0 fully saturated rings. The van der Waals surface area contributed by atoms with Gasteiger partial charge in [0, 0.05) is 11.4 Å². The van der Waals surface area contributed by atoms with Crippen molar-refractivity contribution in [3.63, 3.8) is 0 Å². The Morgan fingerprint density at radius 2 is 0.881 bits per heavy atom. The minimum Gasteiger partial charge on any atom is -0.324 e. The van der Waals surface area contributed by atoms with Crippen molar-refractivity contribution in [2.45, 2.75) is 9.79 Å². The van der Waals surface area contributed by atoms with Crippen LogP contribution in [0, 0.1) is 0 Å². The predicted molar refractivity (Wildman–Crippen MR) is 162 cm³/mol. The van der Waals surface area contributed by atoms with Gasteiger partial charge in [-0.05, 0) is 35.4 Å². The maximum Gasteiger partial charge on any atom is 0.295 e. The van der Waals surface area contributed by atoms with E-state index in [1.165, 1.54) is 36.4 Å². The van der Waals surface area contributed by atoms with E-state index in [-0.39, 0.29) is 65.1 Å². The summed E-state index contributed by atoms with van der Waals surface area (Å²) < 4.78 is 68.3. The molecule has 0 amide bonds. The first-order chi connectivity index (χ1) is 19.5. The molecule has 0 aliphatic rings. The Morgan fingerprint density at radius 1 is 0.571 bits per heavy atom. The summed E-state index contributed by atoms with van der Waals surface area (Å²) in [5.74, 6) is -0.224. The van der Waals surface area contributed by atoms with Crippen LogP contribution in [-0.2, 0) is 20.2 Å². The average molecular weight is 733 g/mol. The second-order valence-electron chi connectivity index (χ2n) is 7.92. The first-order valence-corrected chi connectivity index (χ1v) is 15.9. The normalized spacial score (nSPS) is 12.1. The summed E-state index contributed by atoms with van der Waals surface area (Å²) in [6.07, 6.45) is 2.41. The van der Waals surface area contributed by atoms with Crippen molar-refractivity contribution >= 4 is 125 Å². The van der Waals surface area contributed by atoms with Crippen molar-refractivity contribution in [3.05, 3.63) is 78.2 Å². The van der Waals surface area contributed by atoms with Crippen LogP contribution in [0.1, 0.15) is 11.1 Å². The third-order valence-corrected chi connectivity index (χ3v) is 9.09. The first-order valence-electron chi connectivity index (χ1n) is 10.7. The van der Waals surface area contributed by atoms with Gasteiger partial charge in [0.2, 0.25) is 11.9 Å². The van der Waals surface area contributed by atoms with E-state index in [9.17, 15) is 25.9 Å². The van der Waals surface area contributed by atoms with E-state index in [1.54, 1.807) is 0 Å². The molecule has 0 saturated carbocycles. The van der Waals surface area contributed by atoms with E-state index < -0.39 is 30.0 Å². The highest BCUT2D eigenvalue weighted by atomic mass is 35.5. The predicted octanol–water partition coefficient (Wildman–Crippen LogP) is 7.34. The molecule has 0 aliphatic carbocycles. The Bertz CT molecular complexity index is 1790. The highest BCUT2D eigenvalue weighted by Gasteiger charge is 2.19. The summed E-state index contributed by atoms with van der Waals surface area (Å²) >= 11 is 35.2. The van der Waals surface area contributed by atoms with Gasteiger partial charge in [-0.15, -0.1) is 0 Å². The van der Waals surface area contributed by atoms with Gasteiger partial charge in [-0.3, -0.25) is 9.11 Å². The summed E-state index contributed by atoms with van der Waals surface area (Å²) in [4.78, 5) is 14.4. The van der Waals surface area contributed by atoms with Crippen LogP contribution in [0.25, 0.3) is 12.2 Å². The van der Waals surface area contributed by atoms with Gasteiger partial charge in [-0.2, -0.15) is 36.8 Å². The molecule has 0 unspecified atom stereocenters. The van der Waals surface area contributed by atoms with Crippen LogP contribution in [0.2, 0.25) is 30.7 Å². The van der Waals surface area contributed by atoms with Gasteiger partial charge in [-0.25, -0.2) is 0 Å². The number of halogens is 6. The third kappa shape index (κ3) is 7.71. The van der Waals surface area contributed by atoms with Crippen molar-refractivity contribution in [3.8, 4) is 0 Å². The van der Waals surface area contributed by atoms with E-state index in [1.807, 2.05) is 0 Å². The summed E-state index contributed by atoms with van der Waals surface area (Å²) in [6.45, 7) is 0. The molecule has 4 N–H and O–H groups in total. The Hall–Kier alpha value is -2.50. The second-order valence-corrected chi connectivity index (χ2v) is 12.9. The van der Waals surface area contributed by atoms with Crippen molar-refractivity contribution in [1.82, 2.24) is 19.9 Å². The lowest BCUT2D eigenvalue weighted by Crippen LogP contribution is -2.04. The lowest BCUT2D eigenvalue weighted by atomic mass is 10.1. The summed E-state index contributed by atoms with van der Waals surface area (Å²) in [5.41, 5.74) is 0.151. The van der Waals surface area contributed by atoms with Crippen LogP contribution in [-0.4, -0.2) is 45.9 Å². The standard InChI is InChI=1S/C22H12Cl6N6O6S2/c23-15-17(25)31-21(32-18(15)26)29-11-5-3-9(13(7-11)41(35,36)37)1-2-10-4-6-12(8-14(10)42(38,39)40)30-22-33-19(27)16(24)20(28)34-22/h1-8H,(H,29,31,32)(H,30,33,34)(H,35,36,37)(H,38,39,40). The second kappa shape index (κ2) is 12.6. The Labute approximate surface area is 268 Å². The lowest BCUT2D eigenvalue weighted by molar-refractivity contribution is 0.480. The quantitative estimate of drug-likeness (QED) is 0.0804. The van der Waals surface area contributed by atoms with E-state index in [0.29, 0.717) is 0 Å². The molecule has 4 rings (SSSR count). The van der Waals surface area contributed by atoms with Gasteiger partial charge in [0.05, 0.1) is 0 Å². The topological polar surface area (TPSA) is 184 Å². The zero-order chi connectivity index (χ0) is 31.0. The van der Waals surface area contributed by atoms with Crippen molar-refractivity contribution in [1.29, 1.82) is 0 Å². The molecule has 2 aromatic carbocycles. The molecule has 2 aromatic heterocycles. The molecular formula is C22H12Cl6N6O6S2. The highest BCUT2D eigenvalue weighted by Crippen LogP contribution is 2.32. The molecule has 220 valence electrons. The van der Waals surface area contributed by atoms with E-state index in [0.717, 1.165) is 12.1 Å². The number of aromatic nitrogens is 4. The maximum atomic E-state index is 12.2. The van der Waals surface area contributed by atoms with Crippen LogP contribution >= 0.6 is 69.6 Å². The van der Waals surface area contributed by atoms with Crippen LogP contribution in [0.3, 0.4) is 0 Å². The molecule has 0 bridgehead atoms. The zero-order valence-corrected chi connectivity index (χ0v) is 26.2. The molecule has 0 radical (unpaired) electrons. The molecule has 12 nitrogen and oxygen atoms in total. The summed E-state index contributed by atoms with van der Waals surface area (Å²) in [6, 6.07) is 7.55. The fourth-order valence-corrected chi connectivity index (χ4v) is 5.65. The number of hydrogen-bond acceptors (Lipinski definition) is 10. The van der Waals surface area contributed by atoms with Crippen LogP contribution < -0.4 is 10.6 Å². The molecule has 0 atom stereocenters. The van der Waals surface area contributed by atoms with Crippen molar-refractivity contribution in [2.24, 2.45) is 0 Å². The number of nitrogens with zero attached hydrogens (tertiary/aromatic N) is 4. The smallest absolute Gasteiger partial charge is 0.295 e. The van der Waals surface area contributed by atoms with Crippen LogP contribution in [0.5, 0.6) is 0 Å². The van der Waals surface area contributed by atoms with Crippen LogP contribution in [0.15, 0.2) is 46.2 Å². The van der Waals surface area contributed by atoms with Crippen molar-refractivity contribution in [2.75, 3.05) is 10.6 Å². The molecule has 20 heteroatoms. The summed E-state index contributed by atoms with van der Waals surface area (Å²) in [7, 11) is -9.59. The Morgan fingerprint density at radius 3 is 1.17 bits per heavy atom. The molecule has 0 spiro atoms. The van der Waals surface area contributed by atoms with Gasteiger partial charge >= 0.3 is 0 Å². The van der Waals surface area contributed by atoms with E-state index >= 15 is 0 Å². The van der Waals surface area contributed by atoms with Crippen molar-refractivity contribution < 1.29 is 25.9 Å². The SMILES string of the molecule is O=S(=O)(O)c1cc(Nc2nc(Cl)c(Cl)c(Cl)n2)ccc1C=Cc1ccc(Nc2nc(Cl)c(Cl)c(Cl)n2)cc1S(=O)(=O)O. The van der Waals surface area contributed by atoms with Crippen LogP contribution in [0.4, 0.5) is 23.3 Å². The number of rotatable bonds is 8. The largest absolute Gasteiger partial charge is 0.324 e. The Kier molecular flexibility index (Phi) is 9.74. The zero-order valence-electron chi connectivity index (χ0n) is 20.0.